The number of hydrogen-bond acceptors (Lipinski definition) is 3. The van der Waals surface area contributed by atoms with Crippen molar-refractivity contribution < 1.29 is 22.7 Å². The molecule has 0 radical (unpaired) electrons. The van der Waals surface area contributed by atoms with E-state index in [4.69, 9.17) is 16.3 Å². The minimum Gasteiger partial charge on any atom is -0.444 e. The van der Waals surface area contributed by atoms with E-state index in [0.29, 0.717) is 23.8 Å². The fourth-order valence-electron chi connectivity index (χ4n) is 2.51. The van der Waals surface area contributed by atoms with Gasteiger partial charge in [-0.2, -0.15) is 13.2 Å². The topological polar surface area (TPSA) is 41.6 Å². The lowest BCUT2D eigenvalue weighted by Gasteiger charge is -2.40. The zero-order chi connectivity index (χ0) is 18.1. The Morgan fingerprint density at radius 2 is 1.96 bits per heavy atom. The molecule has 2 rings (SSSR count). The second kappa shape index (κ2) is 6.80. The number of nitrogens with one attached hydrogen (secondary N) is 1. The number of halogens is 4. The van der Waals surface area contributed by atoms with Crippen molar-refractivity contribution in [1.82, 2.24) is 4.90 Å². The van der Waals surface area contributed by atoms with Gasteiger partial charge in [0.1, 0.15) is 5.60 Å². The quantitative estimate of drug-likeness (QED) is 0.849. The van der Waals surface area contributed by atoms with Gasteiger partial charge in [-0.1, -0.05) is 17.7 Å². The van der Waals surface area contributed by atoms with Crippen molar-refractivity contribution in [2.45, 2.75) is 38.5 Å². The fourth-order valence-corrected chi connectivity index (χ4v) is 2.84. The zero-order valence-electron chi connectivity index (χ0n) is 13.7. The summed E-state index contributed by atoms with van der Waals surface area (Å²) in [6.45, 7) is 5.00. The molecule has 0 aliphatic carbocycles. The minimum absolute atomic E-state index is 0.0320. The molecular formula is C16H20ClF3N2O2. The smallest absolute Gasteiger partial charge is 0.412 e. The third-order valence-electron chi connectivity index (χ3n) is 3.45. The number of benzene rings is 1. The lowest BCUT2D eigenvalue weighted by atomic mass is 9.91. The summed E-state index contributed by atoms with van der Waals surface area (Å²) in [5.41, 5.74) is 0.649. The average Bonchev–Trinajstić information content (AvgIpc) is 2.30. The standard InChI is InChI=1S/C16H20ClF3N2O2/c1-15(2,3)24-14(23)21-11-4-5-12(13(17)6-11)10-7-22(8-10)9-16(18,19)20/h4-6,10H,7-9H2,1-3H3,(H,21,23). The summed E-state index contributed by atoms with van der Waals surface area (Å²) in [7, 11) is 0. The van der Waals surface area contributed by atoms with Crippen LogP contribution in [0.3, 0.4) is 0 Å². The van der Waals surface area contributed by atoms with Gasteiger partial charge >= 0.3 is 12.3 Å². The molecule has 1 fully saturated rings. The van der Waals surface area contributed by atoms with E-state index in [9.17, 15) is 18.0 Å². The summed E-state index contributed by atoms with van der Waals surface area (Å²) in [5.74, 6) is -0.0320. The fraction of sp³-hybridized carbons (Fsp3) is 0.562. The minimum atomic E-state index is -4.18. The second-order valence-corrected chi connectivity index (χ2v) is 7.28. The van der Waals surface area contributed by atoms with E-state index in [1.807, 2.05) is 0 Å². The summed E-state index contributed by atoms with van der Waals surface area (Å²) < 4.78 is 42.1. The number of hydrogen-bond donors (Lipinski definition) is 1. The summed E-state index contributed by atoms with van der Waals surface area (Å²) in [5, 5.41) is 2.99. The molecule has 1 aromatic rings. The molecule has 1 aliphatic rings. The van der Waals surface area contributed by atoms with Gasteiger partial charge < -0.3 is 4.74 Å². The van der Waals surface area contributed by atoms with Crippen molar-refractivity contribution >= 4 is 23.4 Å². The number of anilines is 1. The average molecular weight is 365 g/mol. The number of carbonyl (C=O) groups is 1. The van der Waals surface area contributed by atoms with Gasteiger partial charge in [0.05, 0.1) is 6.54 Å². The first-order chi connectivity index (χ1) is 10.9. The normalized spacial score (nSPS) is 16.6. The van der Waals surface area contributed by atoms with Crippen molar-refractivity contribution in [2.75, 3.05) is 25.0 Å². The highest BCUT2D eigenvalue weighted by molar-refractivity contribution is 6.31. The predicted molar refractivity (Wildman–Crippen MR) is 86.5 cm³/mol. The van der Waals surface area contributed by atoms with Gasteiger partial charge in [0.2, 0.25) is 0 Å². The molecule has 4 nitrogen and oxygen atoms in total. The van der Waals surface area contributed by atoms with Gasteiger partial charge in [-0.15, -0.1) is 0 Å². The molecule has 1 heterocycles. The summed E-state index contributed by atoms with van der Waals surface area (Å²) in [6.07, 6.45) is -4.78. The van der Waals surface area contributed by atoms with Gasteiger partial charge in [0.25, 0.3) is 0 Å². The molecule has 134 valence electrons. The van der Waals surface area contributed by atoms with Gasteiger partial charge in [-0.05, 0) is 38.5 Å². The van der Waals surface area contributed by atoms with E-state index in [-0.39, 0.29) is 5.92 Å². The van der Waals surface area contributed by atoms with Crippen molar-refractivity contribution in [3.63, 3.8) is 0 Å². The molecule has 0 spiro atoms. The molecule has 8 heteroatoms. The van der Waals surface area contributed by atoms with Crippen LogP contribution in [0, 0.1) is 0 Å². The van der Waals surface area contributed by atoms with Crippen molar-refractivity contribution in [3.8, 4) is 0 Å². The number of alkyl halides is 3. The van der Waals surface area contributed by atoms with Crippen molar-refractivity contribution in [1.29, 1.82) is 0 Å². The molecule has 0 atom stereocenters. The Hall–Kier alpha value is -1.47. The van der Waals surface area contributed by atoms with Crippen LogP contribution in [-0.4, -0.2) is 42.4 Å². The van der Waals surface area contributed by atoms with Gasteiger partial charge in [0.15, 0.2) is 0 Å². The van der Waals surface area contributed by atoms with Crippen LogP contribution in [0.1, 0.15) is 32.3 Å². The number of nitrogens with zero attached hydrogens (tertiary/aromatic N) is 1. The Kier molecular flexibility index (Phi) is 5.34. The first kappa shape index (κ1) is 18.9. The molecular weight excluding hydrogens is 345 g/mol. The Labute approximate surface area is 143 Å². The molecule has 0 unspecified atom stereocenters. The number of amides is 1. The van der Waals surface area contributed by atoms with E-state index in [2.05, 4.69) is 5.32 Å². The molecule has 0 bridgehead atoms. The Morgan fingerprint density at radius 1 is 1.33 bits per heavy atom. The monoisotopic (exact) mass is 364 g/mol. The molecule has 1 N–H and O–H groups in total. The number of ether oxygens (including phenoxy) is 1. The van der Waals surface area contributed by atoms with Crippen LogP contribution in [0.5, 0.6) is 0 Å². The van der Waals surface area contributed by atoms with E-state index < -0.39 is 24.4 Å². The maximum atomic E-state index is 12.3. The highest BCUT2D eigenvalue weighted by atomic mass is 35.5. The summed E-state index contributed by atoms with van der Waals surface area (Å²) >= 11 is 6.20. The predicted octanol–water partition coefficient (Wildman–Crippen LogP) is 4.65. The van der Waals surface area contributed by atoms with Crippen molar-refractivity contribution in [2.24, 2.45) is 0 Å². The lowest BCUT2D eigenvalue weighted by molar-refractivity contribution is -0.154. The molecule has 1 aromatic carbocycles. The van der Waals surface area contributed by atoms with Gasteiger partial charge in [-0.3, -0.25) is 10.2 Å². The number of likely N-dealkylation sites (tertiary alicyclic amines) is 1. The van der Waals surface area contributed by atoms with Crippen LogP contribution in [0.4, 0.5) is 23.7 Å². The lowest BCUT2D eigenvalue weighted by Crippen LogP contribution is -2.49. The molecule has 0 saturated carbocycles. The molecule has 24 heavy (non-hydrogen) atoms. The SMILES string of the molecule is CC(C)(C)OC(=O)Nc1ccc(C2CN(CC(F)(F)F)C2)c(Cl)c1. The highest BCUT2D eigenvalue weighted by Gasteiger charge is 2.38. The molecule has 0 aromatic heterocycles. The Morgan fingerprint density at radius 3 is 2.46 bits per heavy atom. The van der Waals surface area contributed by atoms with E-state index >= 15 is 0 Å². The van der Waals surface area contributed by atoms with Crippen LogP contribution in [0.15, 0.2) is 18.2 Å². The maximum absolute atomic E-state index is 12.3. The van der Waals surface area contributed by atoms with E-state index in [0.717, 1.165) is 5.56 Å². The van der Waals surface area contributed by atoms with E-state index in [1.165, 1.54) is 4.90 Å². The van der Waals surface area contributed by atoms with Gasteiger partial charge in [0, 0.05) is 29.7 Å². The van der Waals surface area contributed by atoms with Crippen molar-refractivity contribution in [3.05, 3.63) is 28.8 Å². The van der Waals surface area contributed by atoms with Crippen LogP contribution in [0.25, 0.3) is 0 Å². The zero-order valence-corrected chi connectivity index (χ0v) is 14.5. The third kappa shape index (κ3) is 5.56. The highest BCUT2D eigenvalue weighted by Crippen LogP contribution is 2.35. The molecule has 1 amide bonds. The van der Waals surface area contributed by atoms with Gasteiger partial charge in [-0.25, -0.2) is 4.79 Å². The Bertz CT molecular complexity index is 608. The number of carbonyl (C=O) groups excluding carboxylic acids is 1. The van der Waals surface area contributed by atoms with Crippen LogP contribution in [-0.2, 0) is 4.74 Å². The van der Waals surface area contributed by atoms with Crippen LogP contribution >= 0.6 is 11.6 Å². The third-order valence-corrected chi connectivity index (χ3v) is 3.77. The summed E-state index contributed by atoms with van der Waals surface area (Å²) in [4.78, 5) is 13.0. The summed E-state index contributed by atoms with van der Waals surface area (Å²) in [6, 6.07) is 4.97. The molecule has 1 saturated heterocycles. The largest absolute Gasteiger partial charge is 0.444 e. The first-order valence-electron chi connectivity index (χ1n) is 7.51. The van der Waals surface area contributed by atoms with Crippen LogP contribution in [0.2, 0.25) is 5.02 Å². The second-order valence-electron chi connectivity index (χ2n) is 6.87. The Balaban J connectivity index is 1.93. The molecule has 1 aliphatic heterocycles. The van der Waals surface area contributed by atoms with E-state index in [1.54, 1.807) is 39.0 Å². The number of rotatable bonds is 3. The first-order valence-corrected chi connectivity index (χ1v) is 7.89. The van der Waals surface area contributed by atoms with Crippen LogP contribution < -0.4 is 5.32 Å². The maximum Gasteiger partial charge on any atom is 0.412 e.